The molecular weight excluding hydrogens is 250 g/mol. The summed E-state index contributed by atoms with van der Waals surface area (Å²) in [5, 5.41) is 4.09. The van der Waals surface area contributed by atoms with Crippen molar-refractivity contribution in [2.75, 3.05) is 0 Å². The maximum atomic E-state index is 6.34. The first kappa shape index (κ1) is 13.3. The number of aryl methyl sites for hydroxylation is 3. The highest BCUT2D eigenvalue weighted by Crippen LogP contribution is 2.34. The summed E-state index contributed by atoms with van der Waals surface area (Å²) in [4.78, 5) is 4.50. The largest absolute Gasteiger partial charge is 0.339 e. The predicted octanol–water partition coefficient (Wildman–Crippen LogP) is 2.89. The van der Waals surface area contributed by atoms with E-state index in [1.165, 1.54) is 11.1 Å². The van der Waals surface area contributed by atoms with Gasteiger partial charge in [0.2, 0.25) is 5.89 Å². The number of rotatable bonds is 4. The normalized spacial score (nSPS) is 17.5. The van der Waals surface area contributed by atoms with E-state index in [4.69, 9.17) is 10.3 Å². The molecule has 20 heavy (non-hydrogen) atoms. The van der Waals surface area contributed by atoms with Crippen LogP contribution in [0.3, 0.4) is 0 Å². The topological polar surface area (TPSA) is 64.9 Å². The van der Waals surface area contributed by atoms with Crippen LogP contribution in [-0.4, -0.2) is 10.1 Å². The lowest BCUT2D eigenvalue weighted by atomic mass is 9.99. The molecule has 4 heteroatoms. The lowest BCUT2D eigenvalue weighted by Gasteiger charge is -2.17. The molecular formula is C16H21N3O. The fourth-order valence-corrected chi connectivity index (χ4v) is 2.91. The zero-order valence-corrected chi connectivity index (χ0v) is 11.9. The molecule has 0 radical (unpaired) electrons. The maximum Gasteiger partial charge on any atom is 0.227 e. The molecule has 0 atom stereocenters. The Labute approximate surface area is 119 Å². The highest BCUT2D eigenvalue weighted by molar-refractivity contribution is 5.22. The van der Waals surface area contributed by atoms with Gasteiger partial charge in [-0.2, -0.15) is 4.98 Å². The van der Waals surface area contributed by atoms with Gasteiger partial charge in [-0.15, -0.1) is 0 Å². The molecule has 0 bridgehead atoms. The van der Waals surface area contributed by atoms with Crippen LogP contribution in [0.25, 0.3) is 0 Å². The van der Waals surface area contributed by atoms with Crippen molar-refractivity contribution >= 4 is 0 Å². The molecule has 4 nitrogen and oxygen atoms in total. The predicted molar refractivity (Wildman–Crippen MR) is 77.2 cm³/mol. The Hall–Kier alpha value is -1.68. The van der Waals surface area contributed by atoms with Crippen molar-refractivity contribution in [3.63, 3.8) is 0 Å². The number of nitrogens with two attached hydrogens (primary N) is 1. The molecule has 1 aliphatic rings. The Balaban J connectivity index is 1.65. The first-order valence-corrected chi connectivity index (χ1v) is 7.33. The number of hydrogen-bond acceptors (Lipinski definition) is 4. The van der Waals surface area contributed by atoms with E-state index >= 15 is 0 Å². The van der Waals surface area contributed by atoms with Crippen molar-refractivity contribution in [2.24, 2.45) is 5.73 Å². The summed E-state index contributed by atoms with van der Waals surface area (Å²) in [5.74, 6) is 1.38. The van der Waals surface area contributed by atoms with Gasteiger partial charge in [0.15, 0.2) is 5.82 Å². The van der Waals surface area contributed by atoms with E-state index in [0.29, 0.717) is 11.7 Å². The van der Waals surface area contributed by atoms with Gasteiger partial charge in [-0.05, 0) is 31.7 Å². The summed E-state index contributed by atoms with van der Waals surface area (Å²) < 4.78 is 5.35. The molecule has 0 spiro atoms. The second kappa shape index (κ2) is 5.37. The fraction of sp³-hybridized carbons (Fsp3) is 0.500. The molecule has 0 amide bonds. The van der Waals surface area contributed by atoms with Crippen LogP contribution in [-0.2, 0) is 18.4 Å². The fourth-order valence-electron chi connectivity index (χ4n) is 2.91. The van der Waals surface area contributed by atoms with Crippen LogP contribution < -0.4 is 5.73 Å². The van der Waals surface area contributed by atoms with Gasteiger partial charge in [-0.25, -0.2) is 0 Å². The molecule has 1 saturated carbocycles. The van der Waals surface area contributed by atoms with E-state index in [2.05, 4.69) is 41.3 Å². The molecule has 0 unspecified atom stereocenters. The Bertz CT molecular complexity index is 585. The molecule has 2 aromatic rings. The number of hydrogen-bond donors (Lipinski definition) is 1. The van der Waals surface area contributed by atoms with Crippen LogP contribution in [0.15, 0.2) is 28.8 Å². The van der Waals surface area contributed by atoms with Crippen molar-refractivity contribution in [3.8, 4) is 0 Å². The molecule has 1 aromatic heterocycles. The van der Waals surface area contributed by atoms with Gasteiger partial charge in [0, 0.05) is 6.42 Å². The Morgan fingerprint density at radius 2 is 2.05 bits per heavy atom. The molecule has 0 saturated heterocycles. The Morgan fingerprint density at radius 3 is 2.80 bits per heavy atom. The minimum Gasteiger partial charge on any atom is -0.339 e. The third kappa shape index (κ3) is 2.75. The van der Waals surface area contributed by atoms with E-state index < -0.39 is 0 Å². The van der Waals surface area contributed by atoms with E-state index in [9.17, 15) is 0 Å². The van der Waals surface area contributed by atoms with Gasteiger partial charge >= 0.3 is 0 Å². The van der Waals surface area contributed by atoms with Crippen LogP contribution in [0.4, 0.5) is 0 Å². The number of aromatic nitrogens is 2. The Kier molecular flexibility index (Phi) is 3.57. The molecule has 1 aromatic carbocycles. The Morgan fingerprint density at radius 1 is 1.25 bits per heavy atom. The van der Waals surface area contributed by atoms with Crippen LogP contribution in [0.5, 0.6) is 0 Å². The SMILES string of the molecule is Cc1cccc(CCc2nc(C3(N)CCCC3)no2)c1. The zero-order valence-electron chi connectivity index (χ0n) is 11.9. The third-order valence-electron chi connectivity index (χ3n) is 4.12. The van der Waals surface area contributed by atoms with Crippen LogP contribution >= 0.6 is 0 Å². The standard InChI is InChI=1S/C16H21N3O/c1-12-5-4-6-13(11-12)7-8-14-18-15(19-20-14)16(17)9-2-3-10-16/h4-6,11H,2-3,7-10,17H2,1H3. The van der Waals surface area contributed by atoms with Crippen LogP contribution in [0, 0.1) is 6.92 Å². The van der Waals surface area contributed by atoms with Gasteiger partial charge in [-0.1, -0.05) is 47.8 Å². The van der Waals surface area contributed by atoms with Crippen molar-refractivity contribution in [2.45, 2.75) is 51.0 Å². The third-order valence-corrected chi connectivity index (χ3v) is 4.12. The van der Waals surface area contributed by atoms with Crippen molar-refractivity contribution in [1.82, 2.24) is 10.1 Å². The van der Waals surface area contributed by atoms with Gasteiger partial charge in [-0.3, -0.25) is 0 Å². The number of nitrogens with zero attached hydrogens (tertiary/aromatic N) is 2. The molecule has 106 valence electrons. The maximum absolute atomic E-state index is 6.34. The van der Waals surface area contributed by atoms with Crippen molar-refractivity contribution in [3.05, 3.63) is 47.1 Å². The van der Waals surface area contributed by atoms with Crippen LogP contribution in [0.2, 0.25) is 0 Å². The molecule has 1 aliphatic carbocycles. The van der Waals surface area contributed by atoms with Gasteiger partial charge in [0.05, 0.1) is 5.54 Å². The summed E-state index contributed by atoms with van der Waals surface area (Å²) in [6.07, 6.45) is 5.93. The van der Waals surface area contributed by atoms with Crippen molar-refractivity contribution < 1.29 is 4.52 Å². The summed E-state index contributed by atoms with van der Waals surface area (Å²) in [5.41, 5.74) is 8.56. The van der Waals surface area contributed by atoms with E-state index in [1.54, 1.807) is 0 Å². The second-order valence-corrected chi connectivity index (χ2v) is 5.86. The lowest BCUT2D eigenvalue weighted by molar-refractivity contribution is 0.348. The first-order valence-electron chi connectivity index (χ1n) is 7.33. The summed E-state index contributed by atoms with van der Waals surface area (Å²) >= 11 is 0. The zero-order chi connectivity index (χ0) is 14.0. The monoisotopic (exact) mass is 271 g/mol. The second-order valence-electron chi connectivity index (χ2n) is 5.86. The highest BCUT2D eigenvalue weighted by atomic mass is 16.5. The average Bonchev–Trinajstić information content (AvgIpc) is 3.06. The highest BCUT2D eigenvalue weighted by Gasteiger charge is 2.35. The molecule has 2 N–H and O–H groups in total. The smallest absolute Gasteiger partial charge is 0.227 e. The number of benzene rings is 1. The molecule has 1 fully saturated rings. The first-order chi connectivity index (χ1) is 9.66. The van der Waals surface area contributed by atoms with Gasteiger partial charge < -0.3 is 10.3 Å². The molecule has 3 rings (SSSR count). The minimum absolute atomic E-state index is 0.356. The lowest BCUT2D eigenvalue weighted by Crippen LogP contribution is -2.34. The average molecular weight is 271 g/mol. The van der Waals surface area contributed by atoms with E-state index in [0.717, 1.165) is 38.5 Å². The van der Waals surface area contributed by atoms with Gasteiger partial charge in [0.25, 0.3) is 0 Å². The summed E-state index contributed by atoms with van der Waals surface area (Å²) in [6.45, 7) is 2.10. The van der Waals surface area contributed by atoms with Crippen LogP contribution in [0.1, 0.15) is 48.5 Å². The van der Waals surface area contributed by atoms with E-state index in [-0.39, 0.29) is 5.54 Å². The summed E-state index contributed by atoms with van der Waals surface area (Å²) in [6, 6.07) is 8.51. The molecule has 0 aliphatic heterocycles. The summed E-state index contributed by atoms with van der Waals surface area (Å²) in [7, 11) is 0. The molecule has 1 heterocycles. The quantitative estimate of drug-likeness (QED) is 0.928. The van der Waals surface area contributed by atoms with E-state index in [1.807, 2.05) is 0 Å². The van der Waals surface area contributed by atoms with Crippen molar-refractivity contribution in [1.29, 1.82) is 0 Å². The van der Waals surface area contributed by atoms with Gasteiger partial charge in [0.1, 0.15) is 0 Å². The minimum atomic E-state index is -0.356.